The maximum Gasteiger partial charge on any atom is 0.254 e. The summed E-state index contributed by atoms with van der Waals surface area (Å²) >= 11 is 12.3. The van der Waals surface area contributed by atoms with Crippen molar-refractivity contribution in [2.24, 2.45) is 0 Å². The van der Waals surface area contributed by atoms with Crippen LogP contribution in [0.15, 0.2) is 72.9 Å². The highest BCUT2D eigenvalue weighted by molar-refractivity contribution is 6.34. The summed E-state index contributed by atoms with van der Waals surface area (Å²) in [7, 11) is 3.12. The van der Waals surface area contributed by atoms with Gasteiger partial charge in [-0.25, -0.2) is 4.84 Å². The first-order chi connectivity index (χ1) is 19.4. The minimum absolute atomic E-state index is 0.0483. The lowest BCUT2D eigenvalue weighted by molar-refractivity contribution is -0.106. The van der Waals surface area contributed by atoms with Crippen LogP contribution in [0.1, 0.15) is 27.8 Å². The zero-order valence-corrected chi connectivity index (χ0v) is 23.8. The van der Waals surface area contributed by atoms with Crippen molar-refractivity contribution in [1.29, 1.82) is 0 Å². The molecule has 40 heavy (non-hydrogen) atoms. The summed E-state index contributed by atoms with van der Waals surface area (Å²) in [4.78, 5) is 27.8. The predicted molar refractivity (Wildman–Crippen MR) is 157 cm³/mol. The summed E-state index contributed by atoms with van der Waals surface area (Å²) in [6.07, 6.45) is 1.02. The molecule has 1 unspecified atom stereocenters. The molecule has 1 aromatic heterocycles. The van der Waals surface area contributed by atoms with E-state index in [-0.39, 0.29) is 5.91 Å². The number of pyridine rings is 1. The number of carbonyl (C=O) groups is 1. The lowest BCUT2D eigenvalue weighted by Crippen LogP contribution is -2.48. The average molecular weight is 582 g/mol. The van der Waals surface area contributed by atoms with E-state index >= 15 is 0 Å². The first-order valence-electron chi connectivity index (χ1n) is 12.9. The molecule has 8 nitrogen and oxygen atoms in total. The average Bonchev–Trinajstić information content (AvgIpc) is 2.97. The number of nitrogens with zero attached hydrogens (tertiary/aromatic N) is 3. The van der Waals surface area contributed by atoms with Crippen molar-refractivity contribution in [3.63, 3.8) is 0 Å². The third kappa shape index (κ3) is 6.49. The van der Waals surface area contributed by atoms with Crippen molar-refractivity contribution in [3.8, 4) is 5.75 Å². The van der Waals surface area contributed by atoms with Crippen molar-refractivity contribution in [1.82, 2.24) is 14.8 Å². The Morgan fingerprint density at radius 2 is 1.73 bits per heavy atom. The van der Waals surface area contributed by atoms with Crippen LogP contribution in [-0.4, -0.2) is 61.1 Å². The van der Waals surface area contributed by atoms with E-state index in [0.29, 0.717) is 40.1 Å². The first-order valence-corrected chi connectivity index (χ1v) is 13.6. The molecule has 1 amide bonds. The van der Waals surface area contributed by atoms with E-state index in [0.717, 1.165) is 41.7 Å². The highest BCUT2D eigenvalue weighted by Crippen LogP contribution is 2.30. The number of methoxy groups -OCH3 is 2. The Bertz CT molecular complexity index is 1470. The zero-order chi connectivity index (χ0) is 28.1. The number of hydrogen-bond donors (Lipinski definition) is 1. The number of nitrogens with one attached hydrogen (secondary N) is 1. The van der Waals surface area contributed by atoms with Gasteiger partial charge in [0.25, 0.3) is 5.91 Å². The molecule has 0 radical (unpaired) electrons. The molecular weight excluding hydrogens is 551 g/mol. The Balaban J connectivity index is 1.21. The largest absolute Gasteiger partial charge is 0.494 e. The van der Waals surface area contributed by atoms with E-state index in [9.17, 15) is 4.79 Å². The Morgan fingerprint density at radius 3 is 2.45 bits per heavy atom. The highest BCUT2D eigenvalue weighted by atomic mass is 35.5. The molecule has 0 aliphatic carbocycles. The highest BCUT2D eigenvalue weighted by Gasteiger charge is 2.24. The molecule has 3 aromatic carbocycles. The number of rotatable bonds is 9. The molecule has 0 spiro atoms. The Labute approximate surface area is 243 Å². The minimum Gasteiger partial charge on any atom is -0.494 e. The molecule has 208 valence electrons. The summed E-state index contributed by atoms with van der Waals surface area (Å²) in [6, 6.07) is 20.5. The van der Waals surface area contributed by atoms with Crippen molar-refractivity contribution in [2.75, 3.05) is 45.9 Å². The maximum atomic E-state index is 13.3. The second-order valence-corrected chi connectivity index (χ2v) is 10.3. The number of para-hydroxylation sites is 1. The maximum absolute atomic E-state index is 13.3. The molecule has 1 atom stereocenters. The molecule has 1 fully saturated rings. The number of fused-ring (bicyclic) bond motifs is 1. The number of hydrogen-bond acceptors (Lipinski definition) is 7. The minimum atomic E-state index is -0.719. The van der Waals surface area contributed by atoms with Crippen LogP contribution in [0.5, 0.6) is 5.75 Å². The smallest absolute Gasteiger partial charge is 0.254 e. The van der Waals surface area contributed by atoms with Crippen LogP contribution in [0.2, 0.25) is 10.0 Å². The number of benzene rings is 3. The lowest BCUT2D eigenvalue weighted by Gasteiger charge is -2.35. The van der Waals surface area contributed by atoms with Gasteiger partial charge < -0.3 is 14.4 Å². The summed E-state index contributed by atoms with van der Waals surface area (Å²) < 4.78 is 11.2. The van der Waals surface area contributed by atoms with Crippen LogP contribution >= 0.6 is 23.2 Å². The quantitative estimate of drug-likeness (QED) is 0.186. The first kappa shape index (κ1) is 28.1. The number of piperazine rings is 1. The van der Waals surface area contributed by atoms with Crippen LogP contribution in [0.3, 0.4) is 0 Å². The SMILES string of the molecule is COc1cc(C(=O)N2CCN(Cc3cc(Cl)cc(Cl)c3)CC2)ccc1NOC(OC)c1cccc2cccnc12. The summed E-state index contributed by atoms with van der Waals surface area (Å²) in [5.74, 6) is 0.432. The molecule has 5 rings (SSSR count). The number of anilines is 1. The van der Waals surface area contributed by atoms with Crippen molar-refractivity contribution in [2.45, 2.75) is 12.8 Å². The number of aromatic nitrogens is 1. The third-order valence-corrected chi connectivity index (χ3v) is 7.28. The van der Waals surface area contributed by atoms with Gasteiger partial charge in [0.1, 0.15) is 11.4 Å². The topological polar surface area (TPSA) is 76.2 Å². The molecule has 4 aromatic rings. The number of carbonyl (C=O) groups excluding carboxylic acids is 1. The molecule has 0 bridgehead atoms. The van der Waals surface area contributed by atoms with Crippen LogP contribution in [0.25, 0.3) is 10.9 Å². The zero-order valence-electron chi connectivity index (χ0n) is 22.3. The summed E-state index contributed by atoms with van der Waals surface area (Å²) in [5.41, 5.74) is 6.68. The van der Waals surface area contributed by atoms with Gasteiger partial charge in [-0.3, -0.25) is 20.2 Å². The third-order valence-electron chi connectivity index (χ3n) is 6.84. The molecule has 10 heteroatoms. The number of amides is 1. The van der Waals surface area contributed by atoms with E-state index in [4.69, 9.17) is 37.5 Å². The van der Waals surface area contributed by atoms with E-state index in [1.807, 2.05) is 47.4 Å². The van der Waals surface area contributed by atoms with Gasteiger partial charge in [-0.15, -0.1) is 0 Å². The molecule has 1 aliphatic heterocycles. The fourth-order valence-electron chi connectivity index (χ4n) is 4.83. The van der Waals surface area contributed by atoms with E-state index in [2.05, 4.69) is 15.4 Å². The predicted octanol–water partition coefficient (Wildman–Crippen LogP) is 6.20. The van der Waals surface area contributed by atoms with E-state index in [1.54, 1.807) is 44.7 Å². The van der Waals surface area contributed by atoms with Gasteiger partial charge in [-0.1, -0.05) is 47.5 Å². The molecule has 1 aliphatic rings. The molecule has 1 saturated heterocycles. The molecule has 2 heterocycles. The van der Waals surface area contributed by atoms with Crippen molar-refractivity contribution in [3.05, 3.63) is 99.7 Å². The van der Waals surface area contributed by atoms with Gasteiger partial charge in [0, 0.05) is 72.6 Å². The monoisotopic (exact) mass is 580 g/mol. The van der Waals surface area contributed by atoms with Crippen molar-refractivity contribution < 1.29 is 19.1 Å². The second-order valence-electron chi connectivity index (χ2n) is 9.47. The molecule has 0 saturated carbocycles. The van der Waals surface area contributed by atoms with Gasteiger partial charge in [0.2, 0.25) is 6.29 Å². The lowest BCUT2D eigenvalue weighted by atomic mass is 10.1. The van der Waals surface area contributed by atoms with Crippen LogP contribution in [-0.2, 0) is 16.1 Å². The Morgan fingerprint density at radius 1 is 0.975 bits per heavy atom. The molecular formula is C30H30Cl2N4O4. The van der Waals surface area contributed by atoms with Crippen LogP contribution < -0.4 is 10.2 Å². The fraction of sp³-hybridized carbons (Fsp3) is 0.267. The van der Waals surface area contributed by atoms with Gasteiger partial charge in [-0.2, -0.15) is 0 Å². The fourth-order valence-corrected chi connectivity index (χ4v) is 5.41. The Kier molecular flexibility index (Phi) is 9.04. The molecule has 1 N–H and O–H groups in total. The number of ether oxygens (including phenoxy) is 2. The van der Waals surface area contributed by atoms with E-state index in [1.165, 1.54) is 0 Å². The van der Waals surface area contributed by atoms with Gasteiger partial charge >= 0.3 is 0 Å². The van der Waals surface area contributed by atoms with Crippen molar-refractivity contribution >= 4 is 45.7 Å². The van der Waals surface area contributed by atoms with E-state index < -0.39 is 6.29 Å². The number of halogens is 2. The summed E-state index contributed by atoms with van der Waals surface area (Å²) in [6.45, 7) is 3.47. The van der Waals surface area contributed by atoms with Crippen LogP contribution in [0, 0.1) is 0 Å². The van der Waals surface area contributed by atoms with Gasteiger partial charge in [-0.05, 0) is 48.0 Å². The normalized spacial score (nSPS) is 14.8. The summed E-state index contributed by atoms with van der Waals surface area (Å²) in [5, 5.41) is 2.23. The standard InChI is InChI=1S/C30H30Cl2N4O4/c1-38-27-17-22(29(37)36-13-11-35(12-14-36)19-20-15-23(31)18-24(32)16-20)8-9-26(27)34-40-30(39-2)25-7-3-5-21-6-4-10-33-28(21)25/h3-10,15-18,30,34H,11-14,19H2,1-2H3. The van der Waals surface area contributed by atoms with Gasteiger partial charge in [0.15, 0.2) is 0 Å². The second kappa shape index (κ2) is 12.8. The Hall–Kier alpha value is -3.40. The van der Waals surface area contributed by atoms with Crippen LogP contribution in [0.4, 0.5) is 5.69 Å². The van der Waals surface area contributed by atoms with Gasteiger partial charge in [0.05, 0.1) is 12.6 Å².